The van der Waals surface area contributed by atoms with Gasteiger partial charge in [0.1, 0.15) is 5.75 Å². The van der Waals surface area contributed by atoms with Crippen molar-refractivity contribution in [3.05, 3.63) is 65.2 Å². The molecule has 0 heterocycles. The highest BCUT2D eigenvalue weighted by Crippen LogP contribution is 2.37. The first-order valence-corrected chi connectivity index (χ1v) is 5.99. The third-order valence-electron chi connectivity index (χ3n) is 3.08. The Morgan fingerprint density at radius 2 is 1.50 bits per heavy atom. The Bertz CT molecular complexity index is 596. The molecule has 5 heteroatoms. The smallest absolute Gasteiger partial charge is 0.416 e. The second-order valence-corrected chi connectivity index (χ2v) is 4.30. The number of rotatable bonds is 3. The summed E-state index contributed by atoms with van der Waals surface area (Å²) in [5.41, 5.74) is 5.84. The average molecular weight is 281 g/mol. The maximum atomic E-state index is 13.0. The number of methoxy groups -OCH3 is 1. The molecule has 1 unspecified atom stereocenters. The number of para-hydroxylation sites is 1. The van der Waals surface area contributed by atoms with Gasteiger partial charge in [0, 0.05) is 5.56 Å². The first-order chi connectivity index (χ1) is 9.45. The van der Waals surface area contributed by atoms with Crippen LogP contribution < -0.4 is 10.5 Å². The fraction of sp³-hybridized carbons (Fsp3) is 0.200. The highest BCUT2D eigenvalue weighted by atomic mass is 19.4. The monoisotopic (exact) mass is 281 g/mol. The molecule has 2 aromatic carbocycles. The molecule has 2 nitrogen and oxygen atoms in total. The van der Waals surface area contributed by atoms with Crippen LogP contribution in [0.15, 0.2) is 48.5 Å². The van der Waals surface area contributed by atoms with Crippen molar-refractivity contribution < 1.29 is 17.9 Å². The zero-order valence-electron chi connectivity index (χ0n) is 10.8. The molecule has 0 aliphatic rings. The average Bonchev–Trinajstić information content (AvgIpc) is 2.45. The van der Waals surface area contributed by atoms with Crippen LogP contribution in [0.1, 0.15) is 22.7 Å². The van der Waals surface area contributed by atoms with E-state index in [1.165, 1.54) is 19.2 Å². The molecule has 0 fully saturated rings. The van der Waals surface area contributed by atoms with Crippen molar-refractivity contribution in [3.8, 4) is 5.75 Å². The number of hydrogen-bond donors (Lipinski definition) is 1. The molecule has 0 aliphatic carbocycles. The van der Waals surface area contributed by atoms with Crippen LogP contribution in [0.5, 0.6) is 5.75 Å². The largest absolute Gasteiger partial charge is 0.496 e. The molecule has 0 radical (unpaired) electrons. The summed E-state index contributed by atoms with van der Waals surface area (Å²) in [6, 6.07) is 11.2. The van der Waals surface area contributed by atoms with Gasteiger partial charge >= 0.3 is 6.18 Å². The van der Waals surface area contributed by atoms with E-state index in [0.29, 0.717) is 11.3 Å². The second kappa shape index (κ2) is 5.54. The van der Waals surface area contributed by atoms with Gasteiger partial charge in [-0.1, -0.05) is 36.4 Å². The zero-order valence-corrected chi connectivity index (χ0v) is 10.8. The van der Waals surface area contributed by atoms with Gasteiger partial charge in [0.2, 0.25) is 0 Å². The van der Waals surface area contributed by atoms with E-state index in [9.17, 15) is 13.2 Å². The molecule has 0 spiro atoms. The van der Waals surface area contributed by atoms with Crippen LogP contribution in [0.3, 0.4) is 0 Å². The molecule has 2 aromatic rings. The number of ether oxygens (including phenoxy) is 1. The third-order valence-corrected chi connectivity index (χ3v) is 3.08. The van der Waals surface area contributed by atoms with Crippen molar-refractivity contribution in [3.63, 3.8) is 0 Å². The molecule has 0 aromatic heterocycles. The first-order valence-electron chi connectivity index (χ1n) is 5.99. The minimum atomic E-state index is -4.43. The number of alkyl halides is 3. The molecule has 0 bridgehead atoms. The van der Waals surface area contributed by atoms with Crippen molar-refractivity contribution in [1.29, 1.82) is 0 Å². The summed E-state index contributed by atoms with van der Waals surface area (Å²) in [6.45, 7) is 0. The van der Waals surface area contributed by atoms with Gasteiger partial charge < -0.3 is 10.5 Å². The van der Waals surface area contributed by atoms with Gasteiger partial charge in [-0.3, -0.25) is 0 Å². The van der Waals surface area contributed by atoms with Gasteiger partial charge in [-0.2, -0.15) is 13.2 Å². The standard InChI is InChI=1S/C15H14F3NO/c1-20-13-9-5-3-7-11(13)14(19)10-6-2-4-8-12(10)15(16,17)18/h2-9,14H,19H2,1H3. The maximum Gasteiger partial charge on any atom is 0.416 e. The lowest BCUT2D eigenvalue weighted by molar-refractivity contribution is -0.138. The molecule has 2 N–H and O–H groups in total. The fourth-order valence-electron chi connectivity index (χ4n) is 2.12. The van der Waals surface area contributed by atoms with Gasteiger partial charge in [0.15, 0.2) is 0 Å². The summed E-state index contributed by atoms with van der Waals surface area (Å²) in [5, 5.41) is 0. The van der Waals surface area contributed by atoms with Crippen molar-refractivity contribution in [1.82, 2.24) is 0 Å². The summed E-state index contributed by atoms with van der Waals surface area (Å²) < 4.78 is 44.2. The van der Waals surface area contributed by atoms with E-state index in [2.05, 4.69) is 0 Å². The second-order valence-electron chi connectivity index (χ2n) is 4.30. The Morgan fingerprint density at radius 1 is 0.950 bits per heavy atom. The Kier molecular flexibility index (Phi) is 3.99. The normalized spacial score (nSPS) is 13.1. The van der Waals surface area contributed by atoms with Crippen LogP contribution in [0.2, 0.25) is 0 Å². The Labute approximate surface area is 115 Å². The van der Waals surface area contributed by atoms with Crippen molar-refractivity contribution in [2.45, 2.75) is 12.2 Å². The number of benzene rings is 2. The summed E-state index contributed by atoms with van der Waals surface area (Å²) >= 11 is 0. The van der Waals surface area contributed by atoms with Crippen LogP contribution in [0.25, 0.3) is 0 Å². The molecular formula is C15H14F3NO. The Hall–Kier alpha value is -2.01. The van der Waals surface area contributed by atoms with E-state index in [1.807, 2.05) is 0 Å². The summed E-state index contributed by atoms with van der Waals surface area (Å²) in [6.07, 6.45) is -4.43. The van der Waals surface area contributed by atoms with E-state index in [-0.39, 0.29) is 5.56 Å². The van der Waals surface area contributed by atoms with Gasteiger partial charge in [0.25, 0.3) is 0 Å². The van der Waals surface area contributed by atoms with Crippen LogP contribution in [0.4, 0.5) is 13.2 Å². The minimum absolute atomic E-state index is 0.0319. The Morgan fingerprint density at radius 3 is 2.10 bits per heavy atom. The lowest BCUT2D eigenvalue weighted by Gasteiger charge is -2.20. The predicted octanol–water partition coefficient (Wildman–Crippen LogP) is 3.76. The maximum absolute atomic E-state index is 13.0. The van der Waals surface area contributed by atoms with Crippen molar-refractivity contribution in [2.75, 3.05) is 7.11 Å². The summed E-state index contributed by atoms with van der Waals surface area (Å²) in [5.74, 6) is 0.469. The van der Waals surface area contributed by atoms with Crippen LogP contribution in [0, 0.1) is 0 Å². The predicted molar refractivity (Wildman–Crippen MR) is 70.5 cm³/mol. The van der Waals surface area contributed by atoms with Crippen molar-refractivity contribution >= 4 is 0 Å². The molecule has 0 saturated heterocycles. The van der Waals surface area contributed by atoms with Gasteiger partial charge in [-0.25, -0.2) is 0 Å². The molecule has 20 heavy (non-hydrogen) atoms. The van der Waals surface area contributed by atoms with Crippen LogP contribution >= 0.6 is 0 Å². The fourth-order valence-corrected chi connectivity index (χ4v) is 2.12. The highest BCUT2D eigenvalue weighted by Gasteiger charge is 2.34. The molecule has 0 amide bonds. The van der Waals surface area contributed by atoms with Crippen molar-refractivity contribution in [2.24, 2.45) is 5.73 Å². The van der Waals surface area contributed by atoms with E-state index >= 15 is 0 Å². The highest BCUT2D eigenvalue weighted by molar-refractivity contribution is 5.44. The van der Waals surface area contributed by atoms with E-state index in [0.717, 1.165) is 6.07 Å². The van der Waals surface area contributed by atoms with Gasteiger partial charge in [-0.15, -0.1) is 0 Å². The number of halogens is 3. The van der Waals surface area contributed by atoms with Gasteiger partial charge in [0.05, 0.1) is 18.7 Å². The molecule has 1 atom stereocenters. The minimum Gasteiger partial charge on any atom is -0.496 e. The van der Waals surface area contributed by atoms with Crippen LogP contribution in [-0.4, -0.2) is 7.11 Å². The first kappa shape index (κ1) is 14.4. The van der Waals surface area contributed by atoms with E-state index in [1.54, 1.807) is 30.3 Å². The van der Waals surface area contributed by atoms with E-state index in [4.69, 9.17) is 10.5 Å². The lowest BCUT2D eigenvalue weighted by atomic mass is 9.94. The lowest BCUT2D eigenvalue weighted by Crippen LogP contribution is -2.19. The number of hydrogen-bond acceptors (Lipinski definition) is 2. The Balaban J connectivity index is 2.52. The molecule has 0 saturated carbocycles. The number of nitrogens with two attached hydrogens (primary N) is 1. The van der Waals surface area contributed by atoms with E-state index < -0.39 is 17.8 Å². The zero-order chi connectivity index (χ0) is 14.8. The SMILES string of the molecule is COc1ccccc1C(N)c1ccccc1C(F)(F)F. The molecule has 0 aliphatic heterocycles. The molecule has 106 valence electrons. The molecular weight excluding hydrogens is 267 g/mol. The summed E-state index contributed by atoms with van der Waals surface area (Å²) in [4.78, 5) is 0. The third kappa shape index (κ3) is 2.77. The topological polar surface area (TPSA) is 35.2 Å². The van der Waals surface area contributed by atoms with Gasteiger partial charge in [-0.05, 0) is 17.7 Å². The quantitative estimate of drug-likeness (QED) is 0.929. The summed E-state index contributed by atoms with van der Waals surface area (Å²) in [7, 11) is 1.46. The molecule has 2 rings (SSSR count). The van der Waals surface area contributed by atoms with Crippen LogP contribution in [-0.2, 0) is 6.18 Å².